The predicted molar refractivity (Wildman–Crippen MR) is 72.9 cm³/mol. The van der Waals surface area contributed by atoms with E-state index in [2.05, 4.69) is 29.1 Å². The number of benzene rings is 1. The predicted octanol–water partition coefficient (Wildman–Crippen LogP) is 2.97. The van der Waals surface area contributed by atoms with E-state index >= 15 is 0 Å². The second-order valence-electron chi connectivity index (χ2n) is 4.92. The van der Waals surface area contributed by atoms with Crippen molar-refractivity contribution in [3.05, 3.63) is 42.5 Å². The van der Waals surface area contributed by atoms with Crippen molar-refractivity contribution in [1.29, 1.82) is 0 Å². The van der Waals surface area contributed by atoms with Crippen molar-refractivity contribution < 1.29 is 4.74 Å². The first-order valence-electron chi connectivity index (χ1n) is 6.49. The summed E-state index contributed by atoms with van der Waals surface area (Å²) in [5.41, 5.74) is 0.948. The number of fused-ring (bicyclic) bond motifs is 1. The number of ether oxygens (including phenoxy) is 1. The molecular formula is C15H18N2O. The van der Waals surface area contributed by atoms with Crippen LogP contribution in [0.15, 0.2) is 47.5 Å². The van der Waals surface area contributed by atoms with Gasteiger partial charge in [-0.1, -0.05) is 30.4 Å². The summed E-state index contributed by atoms with van der Waals surface area (Å²) in [5.74, 6) is 0.606. The average molecular weight is 242 g/mol. The van der Waals surface area contributed by atoms with Gasteiger partial charge < -0.3 is 9.64 Å². The van der Waals surface area contributed by atoms with Crippen molar-refractivity contribution >= 4 is 11.7 Å². The molecule has 1 aliphatic carbocycles. The molecule has 2 aliphatic rings. The molecule has 2 unspecified atom stereocenters. The molecule has 0 radical (unpaired) electrons. The molecule has 3 rings (SSSR count). The topological polar surface area (TPSA) is 24.8 Å². The lowest BCUT2D eigenvalue weighted by molar-refractivity contribution is 0.0790. The van der Waals surface area contributed by atoms with E-state index in [-0.39, 0.29) is 0 Å². The fraction of sp³-hybridized carbons (Fsp3) is 0.400. The third-order valence-corrected chi connectivity index (χ3v) is 3.73. The van der Waals surface area contributed by atoms with Gasteiger partial charge in [-0.25, -0.2) is 0 Å². The van der Waals surface area contributed by atoms with E-state index < -0.39 is 0 Å². The number of aliphatic imine (C=N–C) groups is 1. The van der Waals surface area contributed by atoms with Gasteiger partial charge in [0.2, 0.25) is 0 Å². The van der Waals surface area contributed by atoms with Gasteiger partial charge in [0, 0.05) is 19.0 Å². The number of hydrogen-bond donors (Lipinski definition) is 0. The molecule has 3 heteroatoms. The van der Waals surface area contributed by atoms with Crippen LogP contribution in [0, 0.1) is 5.92 Å². The molecule has 1 saturated heterocycles. The number of hydrogen-bond acceptors (Lipinski definition) is 2. The van der Waals surface area contributed by atoms with E-state index in [0.717, 1.165) is 31.2 Å². The van der Waals surface area contributed by atoms with Crippen LogP contribution >= 0.6 is 0 Å². The van der Waals surface area contributed by atoms with Gasteiger partial charge in [0.1, 0.15) is 0 Å². The maximum absolute atomic E-state index is 5.81. The molecule has 1 heterocycles. The van der Waals surface area contributed by atoms with Crippen LogP contribution in [0.4, 0.5) is 5.69 Å². The van der Waals surface area contributed by atoms with Gasteiger partial charge in [0.15, 0.2) is 0 Å². The standard InChI is InChI=1S/C15H18N2O/c1-17-14-10-6-5-7-12(14)11-18-15(17)16-13-8-3-2-4-9-13/h2-6,8-9,12,14H,7,10-11H2,1H3. The van der Waals surface area contributed by atoms with Crippen LogP contribution < -0.4 is 0 Å². The van der Waals surface area contributed by atoms with Crippen molar-refractivity contribution in [1.82, 2.24) is 4.90 Å². The quantitative estimate of drug-likeness (QED) is 0.707. The first-order chi connectivity index (χ1) is 8.84. The maximum atomic E-state index is 5.81. The second kappa shape index (κ2) is 4.84. The van der Waals surface area contributed by atoms with Crippen molar-refractivity contribution in [3.8, 4) is 0 Å². The lowest BCUT2D eigenvalue weighted by Gasteiger charge is -2.41. The monoisotopic (exact) mass is 242 g/mol. The van der Waals surface area contributed by atoms with Gasteiger partial charge >= 0.3 is 0 Å². The van der Waals surface area contributed by atoms with Gasteiger partial charge in [0.25, 0.3) is 6.02 Å². The Hall–Kier alpha value is -1.77. The summed E-state index contributed by atoms with van der Waals surface area (Å²) >= 11 is 0. The molecule has 0 spiro atoms. The Morgan fingerprint density at radius 1 is 1.17 bits per heavy atom. The van der Waals surface area contributed by atoms with E-state index in [0.29, 0.717) is 12.0 Å². The number of amidine groups is 1. The molecule has 0 N–H and O–H groups in total. The summed E-state index contributed by atoms with van der Waals surface area (Å²) in [7, 11) is 2.08. The minimum atomic E-state index is 0.534. The highest BCUT2D eigenvalue weighted by atomic mass is 16.5. The Kier molecular flexibility index (Phi) is 3.05. The van der Waals surface area contributed by atoms with Crippen molar-refractivity contribution in [2.75, 3.05) is 13.7 Å². The zero-order chi connectivity index (χ0) is 12.4. The van der Waals surface area contributed by atoms with E-state index in [1.54, 1.807) is 0 Å². The van der Waals surface area contributed by atoms with Gasteiger partial charge in [-0.05, 0) is 25.0 Å². The van der Waals surface area contributed by atoms with Crippen LogP contribution in [0.2, 0.25) is 0 Å². The number of allylic oxidation sites excluding steroid dienone is 1. The Morgan fingerprint density at radius 3 is 2.78 bits per heavy atom. The third kappa shape index (κ3) is 2.13. The molecule has 1 fully saturated rings. The number of rotatable bonds is 1. The minimum Gasteiger partial charge on any atom is -0.465 e. The lowest BCUT2D eigenvalue weighted by Crippen LogP contribution is -2.50. The third-order valence-electron chi connectivity index (χ3n) is 3.73. The Balaban J connectivity index is 1.82. The van der Waals surface area contributed by atoms with E-state index in [1.807, 2.05) is 30.3 Å². The summed E-state index contributed by atoms with van der Waals surface area (Å²) in [6.07, 6.45) is 6.74. The van der Waals surface area contributed by atoms with Crippen molar-refractivity contribution in [2.45, 2.75) is 18.9 Å². The molecule has 18 heavy (non-hydrogen) atoms. The zero-order valence-electron chi connectivity index (χ0n) is 10.6. The Labute approximate surface area is 108 Å². The maximum Gasteiger partial charge on any atom is 0.292 e. The first kappa shape index (κ1) is 11.3. The second-order valence-corrected chi connectivity index (χ2v) is 4.92. The first-order valence-corrected chi connectivity index (χ1v) is 6.49. The van der Waals surface area contributed by atoms with E-state index in [9.17, 15) is 0 Å². The summed E-state index contributed by atoms with van der Waals surface area (Å²) in [6, 6.07) is 11.3. The molecule has 1 aromatic carbocycles. The van der Waals surface area contributed by atoms with Gasteiger partial charge in [-0.3, -0.25) is 0 Å². The fourth-order valence-corrected chi connectivity index (χ4v) is 2.66. The van der Waals surface area contributed by atoms with Crippen molar-refractivity contribution in [3.63, 3.8) is 0 Å². The van der Waals surface area contributed by atoms with Crippen LogP contribution in [0.5, 0.6) is 0 Å². The number of para-hydroxylation sites is 1. The van der Waals surface area contributed by atoms with Gasteiger partial charge in [-0.15, -0.1) is 0 Å². The van der Waals surface area contributed by atoms with E-state index in [1.165, 1.54) is 0 Å². The largest absolute Gasteiger partial charge is 0.465 e. The zero-order valence-corrected chi connectivity index (χ0v) is 10.6. The molecule has 0 bridgehead atoms. The highest BCUT2D eigenvalue weighted by Crippen LogP contribution is 2.28. The fourth-order valence-electron chi connectivity index (χ4n) is 2.66. The van der Waals surface area contributed by atoms with Crippen LogP contribution in [-0.4, -0.2) is 30.6 Å². The highest BCUT2D eigenvalue weighted by Gasteiger charge is 2.33. The van der Waals surface area contributed by atoms with Gasteiger partial charge in [-0.2, -0.15) is 4.99 Å². The lowest BCUT2D eigenvalue weighted by atomic mass is 9.88. The summed E-state index contributed by atoms with van der Waals surface area (Å²) < 4.78 is 5.81. The number of nitrogens with zero attached hydrogens (tertiary/aromatic N) is 2. The van der Waals surface area contributed by atoms with Crippen LogP contribution in [0.1, 0.15) is 12.8 Å². The molecular weight excluding hydrogens is 224 g/mol. The summed E-state index contributed by atoms with van der Waals surface area (Å²) in [6.45, 7) is 0.783. The molecule has 0 aromatic heterocycles. The average Bonchev–Trinajstić information content (AvgIpc) is 2.43. The molecule has 0 saturated carbocycles. The molecule has 94 valence electrons. The SMILES string of the molecule is CN1C(=Nc2ccccc2)OCC2CC=CCC21. The van der Waals surface area contributed by atoms with Crippen molar-refractivity contribution in [2.24, 2.45) is 10.9 Å². The van der Waals surface area contributed by atoms with Crippen LogP contribution in [0.3, 0.4) is 0 Å². The Morgan fingerprint density at radius 2 is 1.94 bits per heavy atom. The highest BCUT2D eigenvalue weighted by molar-refractivity contribution is 5.78. The summed E-state index contributed by atoms with van der Waals surface area (Å²) in [4.78, 5) is 6.77. The minimum absolute atomic E-state index is 0.534. The normalized spacial score (nSPS) is 28.9. The molecule has 1 aliphatic heterocycles. The molecule has 1 aromatic rings. The molecule has 3 nitrogen and oxygen atoms in total. The molecule has 2 atom stereocenters. The smallest absolute Gasteiger partial charge is 0.292 e. The van der Waals surface area contributed by atoms with Crippen LogP contribution in [-0.2, 0) is 4.74 Å². The summed E-state index contributed by atoms with van der Waals surface area (Å²) in [5, 5.41) is 0. The van der Waals surface area contributed by atoms with E-state index in [4.69, 9.17) is 4.74 Å². The Bertz CT molecular complexity index is 467. The van der Waals surface area contributed by atoms with Crippen LogP contribution in [0.25, 0.3) is 0 Å². The molecule has 0 amide bonds. The van der Waals surface area contributed by atoms with Gasteiger partial charge in [0.05, 0.1) is 12.3 Å².